The van der Waals surface area contributed by atoms with Crippen molar-refractivity contribution in [3.05, 3.63) is 18.2 Å². The quantitative estimate of drug-likeness (QED) is 0.766. The SMILES string of the molecule is CCOc1cccc(NC(CC)(CC)CO)n1. The van der Waals surface area contributed by atoms with Crippen LogP contribution < -0.4 is 10.1 Å². The van der Waals surface area contributed by atoms with Gasteiger partial charge in [0.25, 0.3) is 0 Å². The lowest BCUT2D eigenvalue weighted by molar-refractivity contribution is 0.202. The van der Waals surface area contributed by atoms with E-state index < -0.39 is 0 Å². The van der Waals surface area contributed by atoms with Crippen molar-refractivity contribution in [3.63, 3.8) is 0 Å². The molecule has 0 aromatic carbocycles. The van der Waals surface area contributed by atoms with Crippen LogP contribution in [0, 0.1) is 0 Å². The number of nitrogens with one attached hydrogen (secondary N) is 1. The van der Waals surface area contributed by atoms with E-state index in [1.165, 1.54) is 0 Å². The van der Waals surface area contributed by atoms with E-state index in [9.17, 15) is 5.11 Å². The van der Waals surface area contributed by atoms with Crippen LogP contribution in [0.3, 0.4) is 0 Å². The number of rotatable bonds is 7. The molecule has 17 heavy (non-hydrogen) atoms. The number of nitrogens with zero attached hydrogens (tertiary/aromatic N) is 1. The molecule has 0 saturated carbocycles. The number of ether oxygens (including phenoxy) is 1. The second-order valence-electron chi connectivity index (χ2n) is 4.06. The number of anilines is 1. The third kappa shape index (κ3) is 3.60. The summed E-state index contributed by atoms with van der Waals surface area (Å²) < 4.78 is 5.35. The predicted molar refractivity (Wildman–Crippen MR) is 69.4 cm³/mol. The summed E-state index contributed by atoms with van der Waals surface area (Å²) >= 11 is 0. The largest absolute Gasteiger partial charge is 0.478 e. The number of hydrogen-bond donors (Lipinski definition) is 2. The summed E-state index contributed by atoms with van der Waals surface area (Å²) in [6.45, 7) is 6.74. The molecule has 0 spiro atoms. The van der Waals surface area contributed by atoms with E-state index in [2.05, 4.69) is 24.1 Å². The van der Waals surface area contributed by atoms with Crippen LogP contribution in [0.15, 0.2) is 18.2 Å². The molecule has 1 rings (SSSR count). The Hall–Kier alpha value is -1.29. The molecule has 2 N–H and O–H groups in total. The average molecular weight is 238 g/mol. The van der Waals surface area contributed by atoms with E-state index in [0.717, 1.165) is 18.7 Å². The molecule has 0 atom stereocenters. The maximum atomic E-state index is 9.49. The highest BCUT2D eigenvalue weighted by Gasteiger charge is 2.25. The van der Waals surface area contributed by atoms with Crippen molar-refractivity contribution >= 4 is 5.82 Å². The Morgan fingerprint density at radius 2 is 2.00 bits per heavy atom. The summed E-state index contributed by atoms with van der Waals surface area (Å²) in [5, 5.41) is 12.8. The van der Waals surface area contributed by atoms with Gasteiger partial charge in [-0.05, 0) is 25.8 Å². The smallest absolute Gasteiger partial charge is 0.215 e. The Balaban J connectivity index is 2.82. The van der Waals surface area contributed by atoms with E-state index in [1.54, 1.807) is 0 Å². The first kappa shape index (κ1) is 13.8. The molecule has 1 aromatic rings. The first-order chi connectivity index (χ1) is 8.19. The molecule has 0 aliphatic rings. The van der Waals surface area contributed by atoms with Gasteiger partial charge in [-0.1, -0.05) is 19.9 Å². The number of hydrogen-bond acceptors (Lipinski definition) is 4. The van der Waals surface area contributed by atoms with Gasteiger partial charge in [-0.3, -0.25) is 0 Å². The fourth-order valence-corrected chi connectivity index (χ4v) is 1.67. The minimum atomic E-state index is -0.294. The Kier molecular flexibility index (Phi) is 5.22. The zero-order chi connectivity index (χ0) is 12.7. The maximum Gasteiger partial charge on any atom is 0.215 e. The van der Waals surface area contributed by atoms with Crippen LogP contribution in [0.4, 0.5) is 5.82 Å². The van der Waals surface area contributed by atoms with Crippen molar-refractivity contribution < 1.29 is 9.84 Å². The standard InChI is InChI=1S/C13H22N2O2/c1-4-13(5-2,10-16)15-11-8-7-9-12(14-11)17-6-3/h7-9,16H,4-6,10H2,1-3H3,(H,14,15). The van der Waals surface area contributed by atoms with Gasteiger partial charge >= 0.3 is 0 Å². The molecule has 1 aromatic heterocycles. The molecule has 0 saturated heterocycles. The highest BCUT2D eigenvalue weighted by molar-refractivity contribution is 5.40. The number of aromatic nitrogens is 1. The van der Waals surface area contributed by atoms with Crippen molar-refractivity contribution in [2.24, 2.45) is 0 Å². The molecule has 0 fully saturated rings. The van der Waals surface area contributed by atoms with Crippen LogP contribution in [0.25, 0.3) is 0 Å². The number of pyridine rings is 1. The van der Waals surface area contributed by atoms with Gasteiger partial charge in [0.1, 0.15) is 5.82 Å². The molecule has 0 amide bonds. The summed E-state index contributed by atoms with van der Waals surface area (Å²) in [4.78, 5) is 4.35. The van der Waals surface area contributed by atoms with Gasteiger partial charge in [0.05, 0.1) is 18.8 Å². The minimum Gasteiger partial charge on any atom is -0.478 e. The number of aliphatic hydroxyl groups is 1. The molecule has 0 aliphatic carbocycles. The highest BCUT2D eigenvalue weighted by atomic mass is 16.5. The molecular weight excluding hydrogens is 216 g/mol. The third-order valence-corrected chi connectivity index (χ3v) is 3.07. The van der Waals surface area contributed by atoms with Crippen LogP contribution in [0.5, 0.6) is 5.88 Å². The van der Waals surface area contributed by atoms with Crippen LogP contribution >= 0.6 is 0 Å². The second kappa shape index (κ2) is 6.45. The summed E-state index contributed by atoms with van der Waals surface area (Å²) in [7, 11) is 0. The first-order valence-corrected chi connectivity index (χ1v) is 6.18. The normalized spacial score (nSPS) is 11.3. The topological polar surface area (TPSA) is 54.4 Å². The molecule has 96 valence electrons. The second-order valence-corrected chi connectivity index (χ2v) is 4.06. The van der Waals surface area contributed by atoms with Crippen molar-refractivity contribution in [1.29, 1.82) is 0 Å². The van der Waals surface area contributed by atoms with E-state index in [1.807, 2.05) is 25.1 Å². The Labute approximate surface area is 103 Å². The van der Waals surface area contributed by atoms with Crippen molar-refractivity contribution in [2.75, 3.05) is 18.5 Å². The predicted octanol–water partition coefficient (Wildman–Crippen LogP) is 2.44. The summed E-state index contributed by atoms with van der Waals surface area (Å²) in [6, 6.07) is 5.61. The van der Waals surface area contributed by atoms with Gasteiger partial charge < -0.3 is 15.2 Å². The minimum absolute atomic E-state index is 0.0978. The summed E-state index contributed by atoms with van der Waals surface area (Å²) in [5.74, 6) is 1.35. The van der Waals surface area contributed by atoms with Crippen molar-refractivity contribution in [1.82, 2.24) is 4.98 Å². The molecule has 1 heterocycles. The van der Waals surface area contributed by atoms with Crippen LogP contribution in [0.1, 0.15) is 33.6 Å². The van der Waals surface area contributed by atoms with Crippen molar-refractivity contribution in [2.45, 2.75) is 39.2 Å². The summed E-state index contributed by atoms with van der Waals surface area (Å²) in [5.41, 5.74) is -0.294. The van der Waals surface area contributed by atoms with Crippen molar-refractivity contribution in [3.8, 4) is 5.88 Å². The Bertz CT molecular complexity index is 330. The zero-order valence-electron chi connectivity index (χ0n) is 10.9. The molecule has 0 aliphatic heterocycles. The fourth-order valence-electron chi connectivity index (χ4n) is 1.67. The third-order valence-electron chi connectivity index (χ3n) is 3.07. The van der Waals surface area contributed by atoms with E-state index >= 15 is 0 Å². The lowest BCUT2D eigenvalue weighted by Gasteiger charge is -2.31. The molecule has 4 heteroatoms. The maximum absolute atomic E-state index is 9.49. The van der Waals surface area contributed by atoms with Gasteiger partial charge in [0.15, 0.2) is 0 Å². The number of aliphatic hydroxyl groups excluding tert-OH is 1. The van der Waals surface area contributed by atoms with Gasteiger partial charge in [0.2, 0.25) is 5.88 Å². The van der Waals surface area contributed by atoms with Crippen LogP contribution in [0.2, 0.25) is 0 Å². The molecular formula is C13H22N2O2. The van der Waals surface area contributed by atoms with E-state index in [-0.39, 0.29) is 12.1 Å². The monoisotopic (exact) mass is 238 g/mol. The van der Waals surface area contributed by atoms with E-state index in [4.69, 9.17) is 4.74 Å². The average Bonchev–Trinajstić information content (AvgIpc) is 2.37. The Morgan fingerprint density at radius 3 is 2.53 bits per heavy atom. The van der Waals surface area contributed by atoms with Gasteiger partial charge in [-0.2, -0.15) is 4.98 Å². The first-order valence-electron chi connectivity index (χ1n) is 6.18. The highest BCUT2D eigenvalue weighted by Crippen LogP contribution is 2.21. The molecule has 0 unspecified atom stereocenters. The van der Waals surface area contributed by atoms with Gasteiger partial charge in [-0.25, -0.2) is 0 Å². The van der Waals surface area contributed by atoms with Crippen LogP contribution in [-0.2, 0) is 0 Å². The Morgan fingerprint density at radius 1 is 1.29 bits per heavy atom. The van der Waals surface area contributed by atoms with Gasteiger partial charge in [0, 0.05) is 6.07 Å². The van der Waals surface area contributed by atoms with Crippen LogP contribution in [-0.4, -0.2) is 28.8 Å². The van der Waals surface area contributed by atoms with E-state index in [0.29, 0.717) is 12.5 Å². The lowest BCUT2D eigenvalue weighted by atomic mass is 9.94. The molecule has 4 nitrogen and oxygen atoms in total. The van der Waals surface area contributed by atoms with Gasteiger partial charge in [-0.15, -0.1) is 0 Å². The zero-order valence-corrected chi connectivity index (χ0v) is 10.9. The summed E-state index contributed by atoms with van der Waals surface area (Å²) in [6.07, 6.45) is 1.70. The fraction of sp³-hybridized carbons (Fsp3) is 0.615. The lowest BCUT2D eigenvalue weighted by Crippen LogP contribution is -2.41. The molecule has 0 bridgehead atoms. The molecule has 0 radical (unpaired) electrons.